The first-order valence-corrected chi connectivity index (χ1v) is 5.63. The molecule has 8 heteroatoms. The van der Waals surface area contributed by atoms with Gasteiger partial charge in [0.2, 0.25) is 0 Å². The van der Waals surface area contributed by atoms with Crippen molar-refractivity contribution >= 4 is 28.9 Å². The van der Waals surface area contributed by atoms with Crippen molar-refractivity contribution in [1.29, 1.82) is 0 Å². The van der Waals surface area contributed by atoms with Crippen LogP contribution in [0.15, 0.2) is 24.4 Å². The minimum Gasteiger partial charge on any atom is -0.397 e. The molecule has 3 N–H and O–H groups in total. The first kappa shape index (κ1) is 14.1. The summed E-state index contributed by atoms with van der Waals surface area (Å²) in [7, 11) is 0. The molecule has 0 saturated heterocycles. The van der Waals surface area contributed by atoms with E-state index >= 15 is 0 Å². The predicted molar refractivity (Wildman–Crippen MR) is 67.9 cm³/mol. The summed E-state index contributed by atoms with van der Waals surface area (Å²) >= 11 is 5.62. The Morgan fingerprint density at radius 3 is 2.40 bits per heavy atom. The van der Waals surface area contributed by atoms with Gasteiger partial charge in [-0.05, 0) is 6.07 Å². The Morgan fingerprint density at radius 1 is 1.20 bits per heavy atom. The van der Waals surface area contributed by atoms with Crippen LogP contribution in [0.5, 0.6) is 0 Å². The summed E-state index contributed by atoms with van der Waals surface area (Å²) in [5.41, 5.74) is 5.31. The lowest BCUT2D eigenvalue weighted by atomic mass is 10.2. The zero-order valence-electron chi connectivity index (χ0n) is 9.75. The standard InChI is InChI=1S/C12H7ClF3N3O/c13-10-3-6(9(17)4-18-10)12(20)19-5-1-7(14)11(16)8(15)2-5/h1-4H,17H2,(H,19,20). The van der Waals surface area contributed by atoms with E-state index in [2.05, 4.69) is 10.3 Å². The quantitative estimate of drug-likeness (QED) is 0.662. The van der Waals surface area contributed by atoms with E-state index in [1.54, 1.807) is 0 Å². The molecule has 0 aliphatic carbocycles. The van der Waals surface area contributed by atoms with E-state index in [1.807, 2.05) is 0 Å². The highest BCUT2D eigenvalue weighted by atomic mass is 35.5. The van der Waals surface area contributed by atoms with Gasteiger partial charge >= 0.3 is 0 Å². The molecule has 2 rings (SSSR count). The second kappa shape index (κ2) is 5.38. The summed E-state index contributed by atoms with van der Waals surface area (Å²) in [6, 6.07) is 2.49. The Balaban J connectivity index is 2.30. The predicted octanol–water partition coefficient (Wildman–Crippen LogP) is 2.99. The van der Waals surface area contributed by atoms with Crippen molar-refractivity contribution in [2.75, 3.05) is 11.1 Å². The van der Waals surface area contributed by atoms with E-state index in [1.165, 1.54) is 12.3 Å². The molecule has 0 aliphatic heterocycles. The molecule has 0 unspecified atom stereocenters. The van der Waals surface area contributed by atoms with Crippen molar-refractivity contribution in [3.8, 4) is 0 Å². The number of carbonyl (C=O) groups excluding carboxylic acids is 1. The average molecular weight is 302 g/mol. The lowest BCUT2D eigenvalue weighted by Crippen LogP contribution is -2.15. The van der Waals surface area contributed by atoms with Gasteiger partial charge in [0.1, 0.15) is 5.15 Å². The molecule has 4 nitrogen and oxygen atoms in total. The van der Waals surface area contributed by atoms with Crippen molar-refractivity contribution in [2.24, 2.45) is 0 Å². The number of benzene rings is 1. The maximum Gasteiger partial charge on any atom is 0.257 e. The molecule has 104 valence electrons. The van der Waals surface area contributed by atoms with Gasteiger partial charge in [-0.2, -0.15) is 0 Å². The minimum atomic E-state index is -1.62. The molecule has 0 spiro atoms. The van der Waals surface area contributed by atoms with Gasteiger partial charge in [-0.15, -0.1) is 0 Å². The molecular weight excluding hydrogens is 295 g/mol. The van der Waals surface area contributed by atoms with E-state index in [9.17, 15) is 18.0 Å². The monoisotopic (exact) mass is 301 g/mol. The maximum atomic E-state index is 13.0. The van der Waals surface area contributed by atoms with Crippen LogP contribution >= 0.6 is 11.6 Å². The van der Waals surface area contributed by atoms with Gasteiger partial charge in [0, 0.05) is 17.8 Å². The van der Waals surface area contributed by atoms with E-state index < -0.39 is 23.4 Å². The second-order valence-electron chi connectivity index (χ2n) is 3.80. The third-order valence-electron chi connectivity index (χ3n) is 2.39. The second-order valence-corrected chi connectivity index (χ2v) is 4.19. The number of amides is 1. The van der Waals surface area contributed by atoms with Gasteiger partial charge < -0.3 is 11.1 Å². The molecule has 1 amide bonds. The summed E-state index contributed by atoms with van der Waals surface area (Å²) in [5, 5.41) is 2.21. The normalized spacial score (nSPS) is 10.4. The van der Waals surface area contributed by atoms with E-state index in [4.69, 9.17) is 17.3 Å². The topological polar surface area (TPSA) is 68.0 Å². The summed E-state index contributed by atoms with van der Waals surface area (Å²) < 4.78 is 38.8. The molecule has 0 fully saturated rings. The Kier molecular flexibility index (Phi) is 3.80. The van der Waals surface area contributed by atoms with Crippen LogP contribution in [0, 0.1) is 17.5 Å². The van der Waals surface area contributed by atoms with Gasteiger partial charge in [0.25, 0.3) is 5.91 Å². The minimum absolute atomic E-state index is 0.0184. The fourth-order valence-corrected chi connectivity index (χ4v) is 1.62. The van der Waals surface area contributed by atoms with E-state index in [0.29, 0.717) is 12.1 Å². The number of pyridine rings is 1. The number of hydrogen-bond donors (Lipinski definition) is 2. The van der Waals surface area contributed by atoms with E-state index in [0.717, 1.165) is 0 Å². The molecule has 0 saturated carbocycles. The number of nitrogens with zero attached hydrogens (tertiary/aromatic N) is 1. The average Bonchev–Trinajstić information content (AvgIpc) is 2.38. The summed E-state index contributed by atoms with van der Waals surface area (Å²) in [5.74, 6) is -5.20. The lowest BCUT2D eigenvalue weighted by molar-refractivity contribution is 0.102. The number of carbonyl (C=O) groups is 1. The molecule has 0 aliphatic rings. The summed E-state index contributed by atoms with van der Waals surface area (Å²) in [6.07, 6.45) is 1.17. The fraction of sp³-hybridized carbons (Fsp3) is 0. The van der Waals surface area contributed by atoms with Gasteiger partial charge in [-0.25, -0.2) is 18.2 Å². The summed E-state index contributed by atoms with van der Waals surface area (Å²) in [4.78, 5) is 15.5. The van der Waals surface area contributed by atoms with Crippen molar-refractivity contribution in [2.45, 2.75) is 0 Å². The lowest BCUT2D eigenvalue weighted by Gasteiger charge is -2.08. The van der Waals surface area contributed by atoms with Crippen LogP contribution in [-0.2, 0) is 0 Å². The number of anilines is 2. The van der Waals surface area contributed by atoms with Crippen LogP contribution in [0.25, 0.3) is 0 Å². The first-order chi connectivity index (χ1) is 9.38. The molecule has 0 radical (unpaired) electrons. The highest BCUT2D eigenvalue weighted by Gasteiger charge is 2.15. The maximum absolute atomic E-state index is 13.0. The van der Waals surface area contributed by atoms with Crippen LogP contribution in [0.1, 0.15) is 10.4 Å². The largest absolute Gasteiger partial charge is 0.397 e. The molecule has 0 bridgehead atoms. The molecule has 1 heterocycles. The Morgan fingerprint density at radius 2 is 1.80 bits per heavy atom. The van der Waals surface area contributed by atoms with Gasteiger partial charge in [0.05, 0.1) is 17.4 Å². The van der Waals surface area contributed by atoms with Gasteiger partial charge in [0.15, 0.2) is 17.5 Å². The van der Waals surface area contributed by atoms with Crippen molar-refractivity contribution in [1.82, 2.24) is 4.98 Å². The SMILES string of the molecule is Nc1cnc(Cl)cc1C(=O)Nc1cc(F)c(F)c(F)c1. The van der Waals surface area contributed by atoms with Crippen LogP contribution < -0.4 is 11.1 Å². The van der Waals surface area contributed by atoms with Gasteiger partial charge in [-0.3, -0.25) is 4.79 Å². The van der Waals surface area contributed by atoms with Crippen LogP contribution in [0.3, 0.4) is 0 Å². The highest BCUT2D eigenvalue weighted by molar-refractivity contribution is 6.30. The number of hydrogen-bond acceptors (Lipinski definition) is 3. The van der Waals surface area contributed by atoms with Crippen LogP contribution in [0.2, 0.25) is 5.15 Å². The zero-order chi connectivity index (χ0) is 14.9. The molecule has 1 aromatic carbocycles. The van der Waals surface area contributed by atoms with Crippen LogP contribution in [-0.4, -0.2) is 10.9 Å². The molecule has 1 aromatic heterocycles. The first-order valence-electron chi connectivity index (χ1n) is 5.25. The molecule has 0 atom stereocenters. The number of nitrogens with one attached hydrogen (secondary N) is 1. The third-order valence-corrected chi connectivity index (χ3v) is 2.59. The Bertz CT molecular complexity index is 671. The number of rotatable bonds is 2. The van der Waals surface area contributed by atoms with E-state index in [-0.39, 0.29) is 22.1 Å². The Labute approximate surface area is 116 Å². The Hall–Kier alpha value is -2.28. The fourth-order valence-electron chi connectivity index (χ4n) is 1.46. The zero-order valence-corrected chi connectivity index (χ0v) is 10.5. The number of nitrogen functional groups attached to an aromatic ring is 1. The molecular formula is C12H7ClF3N3O. The third kappa shape index (κ3) is 2.83. The van der Waals surface area contributed by atoms with Crippen molar-refractivity contribution < 1.29 is 18.0 Å². The molecule has 20 heavy (non-hydrogen) atoms. The summed E-state index contributed by atoms with van der Waals surface area (Å²) in [6.45, 7) is 0. The molecule has 2 aromatic rings. The van der Waals surface area contributed by atoms with Gasteiger partial charge in [-0.1, -0.05) is 11.6 Å². The number of nitrogens with two attached hydrogens (primary N) is 1. The number of halogens is 4. The van der Waals surface area contributed by atoms with Crippen molar-refractivity contribution in [3.05, 3.63) is 52.6 Å². The van der Waals surface area contributed by atoms with Crippen LogP contribution in [0.4, 0.5) is 24.5 Å². The highest BCUT2D eigenvalue weighted by Crippen LogP contribution is 2.20. The number of aromatic nitrogens is 1. The smallest absolute Gasteiger partial charge is 0.257 e. The van der Waals surface area contributed by atoms with Crippen molar-refractivity contribution in [3.63, 3.8) is 0 Å².